The number of hydrogen-bond acceptors (Lipinski definition) is 4. The number of carbonyl (C=O) groups is 1. The van der Waals surface area contributed by atoms with E-state index in [2.05, 4.69) is 10.3 Å². The highest BCUT2D eigenvalue weighted by Gasteiger charge is 2.57. The molecule has 10 heteroatoms. The van der Waals surface area contributed by atoms with Crippen molar-refractivity contribution in [1.29, 1.82) is 0 Å². The van der Waals surface area contributed by atoms with Crippen LogP contribution in [0.25, 0.3) is 0 Å². The zero-order valence-corrected chi connectivity index (χ0v) is 12.6. The molecule has 2 rings (SSSR count). The maximum atomic E-state index is 13.2. The smallest absolute Gasteiger partial charge is 0.424 e. The van der Waals surface area contributed by atoms with Crippen LogP contribution in [0.2, 0.25) is 5.22 Å². The first-order valence-electron chi connectivity index (χ1n) is 6.45. The Hall–Kier alpha value is -2.00. The lowest BCUT2D eigenvalue weighted by Gasteiger charge is -2.29. The molecule has 1 atom stereocenters. The van der Waals surface area contributed by atoms with Gasteiger partial charge in [-0.15, -0.1) is 0 Å². The summed E-state index contributed by atoms with van der Waals surface area (Å²) in [5, 5.41) is 12.3. The first kappa shape index (κ1) is 17.4. The Labute approximate surface area is 133 Å². The van der Waals surface area contributed by atoms with E-state index in [0.717, 1.165) is 10.8 Å². The van der Waals surface area contributed by atoms with E-state index in [1.165, 1.54) is 25.4 Å². The Balaban J connectivity index is 2.08. The largest absolute Gasteiger partial charge is 0.440 e. The second-order valence-corrected chi connectivity index (χ2v) is 5.20. The van der Waals surface area contributed by atoms with E-state index in [1.807, 2.05) is 0 Å². The lowest BCUT2D eigenvalue weighted by atomic mass is 9.97. The minimum Gasteiger partial charge on any atom is -0.440 e. The number of halogens is 4. The molecule has 0 saturated heterocycles. The van der Waals surface area contributed by atoms with Crippen LogP contribution in [0.5, 0.6) is 0 Å². The highest BCUT2D eigenvalue weighted by molar-refractivity contribution is 6.29. The topological polar surface area (TPSA) is 80.3 Å². The van der Waals surface area contributed by atoms with Gasteiger partial charge < -0.3 is 19.4 Å². The van der Waals surface area contributed by atoms with Gasteiger partial charge in [-0.05, 0) is 23.7 Å². The number of furan rings is 1. The third kappa shape index (κ3) is 3.50. The molecule has 2 N–H and O–H groups in total. The van der Waals surface area contributed by atoms with Gasteiger partial charge in [0.05, 0.1) is 0 Å². The van der Waals surface area contributed by atoms with Gasteiger partial charge in [-0.3, -0.25) is 4.79 Å². The summed E-state index contributed by atoms with van der Waals surface area (Å²) in [5.74, 6) is -1.43. The van der Waals surface area contributed by atoms with Gasteiger partial charge in [-0.25, -0.2) is 4.98 Å². The van der Waals surface area contributed by atoms with Crippen LogP contribution in [0, 0.1) is 0 Å². The molecule has 1 amide bonds. The molecule has 2 aromatic heterocycles. The number of aliphatic hydroxyl groups is 1. The fourth-order valence-corrected chi connectivity index (χ4v) is 2.17. The molecule has 0 spiro atoms. The van der Waals surface area contributed by atoms with Crippen LogP contribution in [-0.2, 0) is 12.6 Å². The molecule has 0 radical (unpaired) electrons. The van der Waals surface area contributed by atoms with E-state index >= 15 is 0 Å². The van der Waals surface area contributed by atoms with Crippen molar-refractivity contribution < 1.29 is 27.5 Å². The maximum Gasteiger partial charge on any atom is 0.424 e. The predicted octanol–water partition coefficient (Wildman–Crippen LogP) is 2.24. The fraction of sp³-hybridized carbons (Fsp3) is 0.385. The monoisotopic (exact) mass is 351 g/mol. The van der Waals surface area contributed by atoms with Gasteiger partial charge in [0.2, 0.25) is 5.60 Å². The second kappa shape index (κ2) is 6.25. The van der Waals surface area contributed by atoms with Crippen molar-refractivity contribution in [3.05, 3.63) is 41.3 Å². The first-order chi connectivity index (χ1) is 10.6. The van der Waals surface area contributed by atoms with Gasteiger partial charge in [-0.2, -0.15) is 13.2 Å². The zero-order valence-electron chi connectivity index (χ0n) is 11.9. The zero-order chi connectivity index (χ0) is 17.3. The third-order valence-corrected chi connectivity index (χ3v) is 3.43. The highest BCUT2D eigenvalue weighted by atomic mass is 35.5. The molecular formula is C13H13ClF3N3O3. The Morgan fingerprint density at radius 2 is 2.17 bits per heavy atom. The van der Waals surface area contributed by atoms with E-state index in [1.54, 1.807) is 0 Å². The van der Waals surface area contributed by atoms with Gasteiger partial charge >= 0.3 is 6.18 Å². The van der Waals surface area contributed by atoms with Crippen molar-refractivity contribution in [2.45, 2.75) is 18.2 Å². The lowest BCUT2D eigenvalue weighted by Crippen LogP contribution is -2.46. The number of amides is 1. The molecule has 0 fully saturated rings. The normalized spacial score (nSPS) is 14.5. The van der Waals surface area contributed by atoms with Gasteiger partial charge in [0.1, 0.15) is 5.82 Å². The molecule has 23 heavy (non-hydrogen) atoms. The number of alkyl halides is 3. The van der Waals surface area contributed by atoms with Crippen LogP contribution < -0.4 is 5.32 Å². The van der Waals surface area contributed by atoms with E-state index in [9.17, 15) is 23.1 Å². The Kier molecular flexibility index (Phi) is 4.71. The standard InChI is InChI=1S/C13H13ClF3N3O3/c1-20-7-6-19-11(20)12(22,13(15,16)17)4-5-18-10(21)8-2-3-9(14)23-8/h2-3,6-7,22H,4-5H2,1H3,(H,18,21). The van der Waals surface area contributed by atoms with E-state index in [0.29, 0.717) is 0 Å². The van der Waals surface area contributed by atoms with Gasteiger partial charge in [0.15, 0.2) is 11.0 Å². The summed E-state index contributed by atoms with van der Waals surface area (Å²) in [4.78, 5) is 15.3. The number of aromatic nitrogens is 2. The van der Waals surface area contributed by atoms with Crippen LogP contribution in [-0.4, -0.2) is 33.3 Å². The Bertz CT molecular complexity index is 698. The predicted molar refractivity (Wildman–Crippen MR) is 73.8 cm³/mol. The number of aryl methyl sites for hydroxylation is 1. The van der Waals surface area contributed by atoms with Gasteiger partial charge in [0.25, 0.3) is 5.91 Å². The second-order valence-electron chi connectivity index (χ2n) is 4.83. The summed E-state index contributed by atoms with van der Waals surface area (Å²) >= 11 is 5.51. The van der Waals surface area contributed by atoms with Crippen molar-refractivity contribution in [2.75, 3.05) is 6.54 Å². The van der Waals surface area contributed by atoms with E-state index in [4.69, 9.17) is 16.0 Å². The van der Waals surface area contributed by atoms with Crippen LogP contribution in [0.15, 0.2) is 28.9 Å². The summed E-state index contributed by atoms with van der Waals surface area (Å²) in [5.41, 5.74) is -3.18. The molecule has 1 unspecified atom stereocenters. The molecular weight excluding hydrogens is 339 g/mol. The average molecular weight is 352 g/mol. The van der Waals surface area contributed by atoms with Crippen LogP contribution in [0.4, 0.5) is 13.2 Å². The summed E-state index contributed by atoms with van der Waals surface area (Å²) in [7, 11) is 1.34. The highest BCUT2D eigenvalue weighted by Crippen LogP contribution is 2.40. The summed E-state index contributed by atoms with van der Waals surface area (Å²) in [6, 6.07) is 2.61. The minimum atomic E-state index is -4.95. The molecule has 0 saturated carbocycles. The van der Waals surface area contributed by atoms with Crippen LogP contribution in [0.3, 0.4) is 0 Å². The van der Waals surface area contributed by atoms with Crippen molar-refractivity contribution in [3.8, 4) is 0 Å². The number of carbonyl (C=O) groups excluding carboxylic acids is 1. The number of nitrogens with zero attached hydrogens (tertiary/aromatic N) is 2. The molecule has 0 aliphatic carbocycles. The Morgan fingerprint density at radius 1 is 1.48 bits per heavy atom. The molecule has 126 valence electrons. The van der Waals surface area contributed by atoms with Gasteiger partial charge in [-0.1, -0.05) is 0 Å². The molecule has 0 aliphatic rings. The van der Waals surface area contributed by atoms with Crippen molar-refractivity contribution in [2.24, 2.45) is 7.05 Å². The lowest BCUT2D eigenvalue weighted by molar-refractivity contribution is -0.272. The number of rotatable bonds is 5. The molecule has 0 aromatic carbocycles. The average Bonchev–Trinajstić information content (AvgIpc) is 3.06. The Morgan fingerprint density at radius 3 is 2.65 bits per heavy atom. The molecule has 2 heterocycles. The first-order valence-corrected chi connectivity index (χ1v) is 6.83. The van der Waals surface area contributed by atoms with Crippen LogP contribution in [0.1, 0.15) is 22.8 Å². The van der Waals surface area contributed by atoms with E-state index in [-0.39, 0.29) is 11.0 Å². The molecule has 2 aromatic rings. The number of imidazole rings is 1. The number of nitrogens with one attached hydrogen (secondary N) is 1. The molecule has 0 bridgehead atoms. The quantitative estimate of drug-likeness (QED) is 0.865. The SMILES string of the molecule is Cn1ccnc1C(O)(CCNC(=O)c1ccc(Cl)o1)C(F)(F)F. The molecule has 0 aliphatic heterocycles. The summed E-state index contributed by atoms with van der Waals surface area (Å²) in [6.07, 6.45) is -3.32. The minimum absolute atomic E-state index is 0.0186. The van der Waals surface area contributed by atoms with Crippen molar-refractivity contribution in [3.63, 3.8) is 0 Å². The van der Waals surface area contributed by atoms with E-state index < -0.39 is 36.5 Å². The fourth-order valence-electron chi connectivity index (χ4n) is 2.02. The van der Waals surface area contributed by atoms with Crippen molar-refractivity contribution >= 4 is 17.5 Å². The third-order valence-electron chi connectivity index (χ3n) is 3.23. The summed E-state index contributed by atoms with van der Waals surface area (Å²) < 4.78 is 45.6. The number of hydrogen-bond donors (Lipinski definition) is 2. The summed E-state index contributed by atoms with van der Waals surface area (Å²) in [6.45, 7) is -0.444. The van der Waals surface area contributed by atoms with Crippen LogP contribution >= 0.6 is 11.6 Å². The van der Waals surface area contributed by atoms with Gasteiger partial charge in [0, 0.05) is 32.4 Å². The molecule has 6 nitrogen and oxygen atoms in total. The van der Waals surface area contributed by atoms with Crippen molar-refractivity contribution in [1.82, 2.24) is 14.9 Å². The maximum absolute atomic E-state index is 13.2.